The van der Waals surface area contributed by atoms with Crippen LogP contribution in [0.2, 0.25) is 0 Å². The molecule has 0 aliphatic carbocycles. The van der Waals surface area contributed by atoms with Gasteiger partial charge in [-0.05, 0) is 24.3 Å². The molecule has 0 radical (unpaired) electrons. The van der Waals surface area contributed by atoms with Crippen molar-refractivity contribution in [1.82, 2.24) is 9.97 Å². The molecule has 8 heteroatoms. The van der Waals surface area contributed by atoms with Crippen molar-refractivity contribution in [2.75, 3.05) is 0 Å². The number of hydrogen-bond acceptors (Lipinski definition) is 5. The van der Waals surface area contributed by atoms with Crippen LogP contribution in [0.15, 0.2) is 48.5 Å². The van der Waals surface area contributed by atoms with E-state index in [2.05, 4.69) is 40.9 Å². The number of aryl methyl sites for hydroxylation is 1. The molecule has 0 aliphatic rings. The van der Waals surface area contributed by atoms with Crippen molar-refractivity contribution in [1.29, 1.82) is 0 Å². The average Bonchev–Trinajstić information content (AvgIpc) is 2.85. The summed E-state index contributed by atoms with van der Waals surface area (Å²) in [5.41, 5.74) is 5.39. The molecular weight excluding hydrogens is 322 g/mol. The zero-order valence-corrected chi connectivity index (χ0v) is 12.8. The lowest BCUT2D eigenvalue weighted by Gasteiger charge is -2.17. The van der Waals surface area contributed by atoms with E-state index in [-0.39, 0.29) is 0 Å². The first-order valence-corrected chi connectivity index (χ1v) is 7.85. The third-order valence-corrected chi connectivity index (χ3v) is 3.47. The van der Waals surface area contributed by atoms with E-state index in [9.17, 15) is 0 Å². The van der Waals surface area contributed by atoms with E-state index < -0.39 is 10.2 Å². The van der Waals surface area contributed by atoms with E-state index in [0.717, 1.165) is 27.7 Å². The lowest BCUT2D eigenvalue weighted by molar-refractivity contribution is -2.00. The molecule has 0 unspecified atom stereocenters. The fraction of sp³-hybridized carbons (Fsp3) is 0.0667. The molecule has 0 spiro atoms. The summed E-state index contributed by atoms with van der Waals surface area (Å²) in [4.78, 5) is 8.21. The van der Waals surface area contributed by atoms with Gasteiger partial charge in [-0.25, -0.2) is 33.2 Å². The summed E-state index contributed by atoms with van der Waals surface area (Å²) in [5, 5.41) is 1.17. The number of rotatable bonds is 0. The Morgan fingerprint density at radius 1 is 0.957 bits per heavy atom. The molecule has 2 aromatic heterocycles. The van der Waals surface area contributed by atoms with Crippen LogP contribution in [0.5, 0.6) is 0 Å². The van der Waals surface area contributed by atoms with Gasteiger partial charge in [0.1, 0.15) is 11.0 Å². The first-order valence-electron chi connectivity index (χ1n) is 6.61. The summed E-state index contributed by atoms with van der Waals surface area (Å²) in [5.74, 6) is 0. The van der Waals surface area contributed by atoms with Crippen LogP contribution < -0.4 is 23.2 Å². The first-order chi connectivity index (χ1) is 10.8. The second kappa shape index (κ2) is 5.73. The van der Waals surface area contributed by atoms with Gasteiger partial charge in [0.05, 0.1) is 12.4 Å². The summed E-state index contributed by atoms with van der Waals surface area (Å²) in [6.45, 7) is 0. The van der Waals surface area contributed by atoms with Crippen LogP contribution in [0.1, 0.15) is 0 Å². The topological polar surface area (TPSA) is 125 Å². The SMILES string of the molecule is C[n+]1c2ccccc2nc2c3ccccc3[nH]c21.[O-][Cl+3]([O-])([O-])[O-]. The number of para-hydroxylation sites is 3. The largest absolute Gasteiger partial charge is 0.306 e. The Kier molecular flexibility index (Phi) is 3.88. The summed E-state index contributed by atoms with van der Waals surface area (Å²) in [6, 6.07) is 16.5. The van der Waals surface area contributed by atoms with Crippen molar-refractivity contribution in [3.63, 3.8) is 0 Å². The lowest BCUT2D eigenvalue weighted by Crippen LogP contribution is -2.68. The summed E-state index contributed by atoms with van der Waals surface area (Å²) in [6.07, 6.45) is 0. The van der Waals surface area contributed by atoms with Gasteiger partial charge in [0.2, 0.25) is 0 Å². The van der Waals surface area contributed by atoms with Crippen molar-refractivity contribution < 1.29 is 33.4 Å². The van der Waals surface area contributed by atoms with Crippen LogP contribution in [-0.2, 0) is 7.05 Å². The Morgan fingerprint density at radius 2 is 1.57 bits per heavy atom. The fourth-order valence-corrected chi connectivity index (χ4v) is 2.55. The molecule has 0 saturated carbocycles. The number of H-pyrrole nitrogens is 1. The highest BCUT2D eigenvalue weighted by atomic mass is 35.7. The van der Waals surface area contributed by atoms with Gasteiger partial charge in [0.15, 0.2) is 11.0 Å². The first kappa shape index (κ1) is 15.6. The normalized spacial score (nSPS) is 11.7. The van der Waals surface area contributed by atoms with Crippen LogP contribution in [0.25, 0.3) is 33.1 Å². The molecule has 0 fully saturated rings. The number of aromatic nitrogens is 3. The smallest absolute Gasteiger partial charge is 0.238 e. The highest BCUT2D eigenvalue weighted by Gasteiger charge is 2.16. The van der Waals surface area contributed by atoms with E-state index in [1.165, 1.54) is 5.39 Å². The van der Waals surface area contributed by atoms with Crippen LogP contribution in [-0.4, -0.2) is 9.97 Å². The number of fused-ring (bicyclic) bond motifs is 4. The molecule has 0 saturated heterocycles. The number of benzene rings is 2. The van der Waals surface area contributed by atoms with Gasteiger partial charge in [-0.3, -0.25) is 0 Å². The predicted octanol–water partition coefficient (Wildman–Crippen LogP) is -2.06. The van der Waals surface area contributed by atoms with Crippen molar-refractivity contribution in [2.24, 2.45) is 7.05 Å². The molecule has 2 heterocycles. The molecule has 0 bridgehead atoms. The van der Waals surface area contributed by atoms with Gasteiger partial charge in [-0.2, -0.15) is 0 Å². The number of nitrogens with one attached hydrogen (secondary N) is 1. The van der Waals surface area contributed by atoms with Gasteiger partial charge >= 0.3 is 5.65 Å². The minimum Gasteiger partial charge on any atom is -0.238 e. The molecule has 2 aromatic carbocycles. The van der Waals surface area contributed by atoms with Crippen molar-refractivity contribution in [3.8, 4) is 0 Å². The predicted molar refractivity (Wildman–Crippen MR) is 72.3 cm³/mol. The molecule has 4 aromatic rings. The highest BCUT2D eigenvalue weighted by molar-refractivity contribution is 6.03. The second-order valence-corrected chi connectivity index (χ2v) is 5.66. The van der Waals surface area contributed by atoms with E-state index >= 15 is 0 Å². The van der Waals surface area contributed by atoms with Crippen molar-refractivity contribution in [3.05, 3.63) is 48.5 Å². The van der Waals surface area contributed by atoms with E-state index in [0.29, 0.717) is 0 Å². The summed E-state index contributed by atoms with van der Waals surface area (Å²) < 4.78 is 36.1. The minimum absolute atomic E-state index is 1.03. The fourth-order valence-electron chi connectivity index (χ4n) is 2.55. The van der Waals surface area contributed by atoms with Crippen LogP contribution >= 0.6 is 0 Å². The highest BCUT2D eigenvalue weighted by Crippen LogP contribution is 2.22. The Morgan fingerprint density at radius 3 is 2.30 bits per heavy atom. The molecule has 0 atom stereocenters. The Balaban J connectivity index is 0.000000276. The zero-order valence-electron chi connectivity index (χ0n) is 12.0. The molecule has 7 nitrogen and oxygen atoms in total. The molecule has 0 amide bonds. The molecule has 118 valence electrons. The summed E-state index contributed by atoms with van der Waals surface area (Å²) in [7, 11) is -2.87. The van der Waals surface area contributed by atoms with Gasteiger partial charge in [0, 0.05) is 0 Å². The Labute approximate surface area is 132 Å². The van der Waals surface area contributed by atoms with Crippen molar-refractivity contribution >= 4 is 33.1 Å². The van der Waals surface area contributed by atoms with Crippen molar-refractivity contribution in [2.45, 2.75) is 0 Å². The molecule has 1 N–H and O–H groups in total. The van der Waals surface area contributed by atoms with Gasteiger partial charge < -0.3 is 0 Å². The Hall–Kier alpha value is -2.29. The van der Waals surface area contributed by atoms with Gasteiger partial charge in [-0.1, -0.05) is 24.3 Å². The molecule has 4 rings (SSSR count). The quantitative estimate of drug-likeness (QED) is 0.370. The zero-order chi connectivity index (χ0) is 16.6. The lowest BCUT2D eigenvalue weighted by atomic mass is 10.2. The maximum Gasteiger partial charge on any atom is 0.306 e. The van der Waals surface area contributed by atoms with Crippen LogP contribution in [0.4, 0.5) is 0 Å². The average molecular weight is 334 g/mol. The number of aromatic amines is 1. The Bertz CT molecular complexity index is 988. The van der Waals surface area contributed by atoms with E-state index in [4.69, 9.17) is 23.6 Å². The van der Waals surface area contributed by atoms with E-state index in [1.807, 2.05) is 24.3 Å². The number of nitrogens with zero attached hydrogens (tertiary/aromatic N) is 2. The van der Waals surface area contributed by atoms with E-state index in [1.54, 1.807) is 0 Å². The summed E-state index contributed by atoms with van der Waals surface area (Å²) >= 11 is 0. The van der Waals surface area contributed by atoms with Gasteiger partial charge in [-0.15, -0.1) is 10.2 Å². The standard InChI is InChI=1S/C15H11N3.ClHO4/c1-18-13-9-5-4-8-12(13)16-14-10-6-2-3-7-11(10)17-15(14)18;2-1(3,4)5/h2-9H,1H3;(H,2,3,4,5). The third kappa shape index (κ3) is 3.24. The minimum atomic E-state index is -4.94. The molecule has 0 aliphatic heterocycles. The second-order valence-electron chi connectivity index (χ2n) is 4.91. The maximum absolute atomic E-state index is 8.49. The van der Waals surface area contributed by atoms with Gasteiger partial charge in [0.25, 0.3) is 0 Å². The monoisotopic (exact) mass is 333 g/mol. The van der Waals surface area contributed by atoms with Crippen LogP contribution in [0.3, 0.4) is 0 Å². The number of hydrogen-bond donors (Lipinski definition) is 1. The third-order valence-electron chi connectivity index (χ3n) is 3.47. The number of halogens is 1. The molecule has 23 heavy (non-hydrogen) atoms. The maximum atomic E-state index is 8.49. The molecular formula is C15H12ClN3O4. The van der Waals surface area contributed by atoms with Crippen LogP contribution in [0, 0.1) is 10.2 Å².